The number of hydrogen-bond donors (Lipinski definition) is 1. The number of carbonyl (C=O) groups is 1. The molecule has 2 heterocycles. The first-order chi connectivity index (χ1) is 6.77. The molecule has 0 saturated carbocycles. The van der Waals surface area contributed by atoms with Gasteiger partial charge >= 0.3 is 0 Å². The number of carbonyl (C=O) groups excluding carboxylic acids is 1. The molecule has 0 aromatic carbocycles. The zero-order chi connectivity index (χ0) is 9.97. The molecule has 1 aromatic heterocycles. The smallest absolute Gasteiger partial charge is 0.181 e. The summed E-state index contributed by atoms with van der Waals surface area (Å²) >= 11 is 3.49. The van der Waals surface area contributed by atoms with Crippen molar-refractivity contribution >= 4 is 28.9 Å². The number of nitrogens with one attached hydrogen (secondary N) is 1. The summed E-state index contributed by atoms with van der Waals surface area (Å²) in [5.74, 6) is 2.28. The van der Waals surface area contributed by atoms with Gasteiger partial charge in [-0.25, -0.2) is 0 Å². The van der Waals surface area contributed by atoms with Gasteiger partial charge in [0.2, 0.25) is 0 Å². The van der Waals surface area contributed by atoms with Gasteiger partial charge < -0.3 is 5.32 Å². The number of rotatable bonds is 2. The van der Waals surface area contributed by atoms with Gasteiger partial charge in [-0.2, -0.15) is 11.8 Å². The van der Waals surface area contributed by atoms with E-state index < -0.39 is 0 Å². The number of thiophene rings is 1. The molecule has 14 heavy (non-hydrogen) atoms. The Morgan fingerprint density at radius 3 is 3.07 bits per heavy atom. The summed E-state index contributed by atoms with van der Waals surface area (Å²) in [6.07, 6.45) is 0. The standard InChI is InChI=1S/C10H13NOS2/c1-7-4-8(5-14-7)10(12)9-6-13-3-2-11-9/h4-5,9,11H,2-3,6H2,1H3. The highest BCUT2D eigenvalue weighted by molar-refractivity contribution is 7.99. The predicted octanol–water partition coefficient (Wildman–Crippen LogP) is 1.94. The van der Waals surface area contributed by atoms with Crippen LogP contribution in [0.1, 0.15) is 15.2 Å². The fourth-order valence-corrected chi connectivity index (χ4v) is 3.13. The van der Waals surface area contributed by atoms with Gasteiger partial charge in [0.15, 0.2) is 5.78 Å². The molecule has 1 saturated heterocycles. The molecule has 4 heteroatoms. The highest BCUT2D eigenvalue weighted by Crippen LogP contribution is 2.17. The molecule has 1 unspecified atom stereocenters. The fourth-order valence-electron chi connectivity index (χ4n) is 1.51. The Morgan fingerprint density at radius 2 is 2.50 bits per heavy atom. The highest BCUT2D eigenvalue weighted by Gasteiger charge is 2.22. The number of Topliss-reactive ketones (excluding diaryl/α,β-unsaturated/α-hetero) is 1. The second kappa shape index (κ2) is 4.47. The van der Waals surface area contributed by atoms with Crippen molar-refractivity contribution in [2.75, 3.05) is 18.1 Å². The Morgan fingerprint density at radius 1 is 1.64 bits per heavy atom. The molecule has 0 aliphatic carbocycles. The van der Waals surface area contributed by atoms with Gasteiger partial charge in [-0.3, -0.25) is 4.79 Å². The molecule has 1 fully saturated rings. The molecular formula is C10H13NOS2. The molecule has 0 amide bonds. The molecule has 2 rings (SSSR count). The number of aryl methyl sites for hydroxylation is 1. The van der Waals surface area contributed by atoms with Gasteiger partial charge in [0.25, 0.3) is 0 Å². The fraction of sp³-hybridized carbons (Fsp3) is 0.500. The largest absolute Gasteiger partial charge is 0.306 e. The first-order valence-corrected chi connectivity index (χ1v) is 6.71. The van der Waals surface area contributed by atoms with Crippen molar-refractivity contribution in [3.63, 3.8) is 0 Å². The minimum atomic E-state index is 0.0303. The summed E-state index contributed by atoms with van der Waals surface area (Å²) < 4.78 is 0. The van der Waals surface area contributed by atoms with Crippen molar-refractivity contribution in [2.24, 2.45) is 0 Å². The topological polar surface area (TPSA) is 29.1 Å². The monoisotopic (exact) mass is 227 g/mol. The van der Waals surface area contributed by atoms with E-state index in [1.807, 2.05) is 30.1 Å². The third-order valence-corrected chi connectivity index (χ3v) is 4.18. The number of thioether (sulfide) groups is 1. The predicted molar refractivity (Wildman–Crippen MR) is 62.5 cm³/mol. The summed E-state index contributed by atoms with van der Waals surface area (Å²) in [6, 6.07) is 2.01. The van der Waals surface area contributed by atoms with E-state index in [1.54, 1.807) is 11.3 Å². The van der Waals surface area contributed by atoms with Gasteiger partial charge in [-0.1, -0.05) is 0 Å². The number of hydrogen-bond acceptors (Lipinski definition) is 4. The van der Waals surface area contributed by atoms with Crippen molar-refractivity contribution in [1.29, 1.82) is 0 Å². The molecule has 1 aliphatic heterocycles. The van der Waals surface area contributed by atoms with Gasteiger partial charge in [0.05, 0.1) is 6.04 Å². The Kier molecular flexibility index (Phi) is 3.26. The van der Waals surface area contributed by atoms with Crippen molar-refractivity contribution in [3.8, 4) is 0 Å². The van der Waals surface area contributed by atoms with Gasteiger partial charge in [0, 0.05) is 33.9 Å². The minimum absolute atomic E-state index is 0.0303. The Balaban J connectivity index is 2.07. The van der Waals surface area contributed by atoms with E-state index in [0.717, 1.165) is 23.6 Å². The van der Waals surface area contributed by atoms with Gasteiger partial charge in [0.1, 0.15) is 0 Å². The lowest BCUT2D eigenvalue weighted by Gasteiger charge is -2.21. The van der Waals surface area contributed by atoms with Crippen LogP contribution in [0.25, 0.3) is 0 Å². The van der Waals surface area contributed by atoms with Gasteiger partial charge in [-0.05, 0) is 13.0 Å². The maximum atomic E-state index is 11.9. The third kappa shape index (κ3) is 2.19. The lowest BCUT2D eigenvalue weighted by Crippen LogP contribution is -2.43. The Labute approximate surface area is 92.1 Å². The van der Waals surface area contributed by atoms with Crippen LogP contribution in [0.2, 0.25) is 0 Å². The van der Waals surface area contributed by atoms with Crippen LogP contribution >= 0.6 is 23.1 Å². The third-order valence-electron chi connectivity index (χ3n) is 2.25. The van der Waals surface area contributed by atoms with E-state index >= 15 is 0 Å². The molecule has 1 atom stereocenters. The summed E-state index contributed by atoms with van der Waals surface area (Å²) in [5, 5.41) is 5.22. The second-order valence-corrected chi connectivity index (χ2v) is 5.66. The highest BCUT2D eigenvalue weighted by atomic mass is 32.2. The molecule has 2 nitrogen and oxygen atoms in total. The molecule has 0 radical (unpaired) electrons. The first kappa shape index (κ1) is 10.2. The van der Waals surface area contributed by atoms with Crippen LogP contribution in [0, 0.1) is 6.92 Å². The average molecular weight is 227 g/mol. The van der Waals surface area contributed by atoms with Crippen LogP contribution in [-0.2, 0) is 0 Å². The molecule has 1 aromatic rings. The Bertz CT molecular complexity index is 329. The van der Waals surface area contributed by atoms with E-state index in [9.17, 15) is 4.79 Å². The van der Waals surface area contributed by atoms with Crippen molar-refractivity contribution < 1.29 is 4.79 Å². The minimum Gasteiger partial charge on any atom is -0.306 e. The summed E-state index contributed by atoms with van der Waals surface area (Å²) in [4.78, 5) is 13.1. The van der Waals surface area contributed by atoms with Crippen molar-refractivity contribution in [2.45, 2.75) is 13.0 Å². The lowest BCUT2D eigenvalue weighted by atomic mass is 10.1. The van der Waals surface area contributed by atoms with E-state index in [2.05, 4.69) is 5.32 Å². The zero-order valence-corrected chi connectivity index (χ0v) is 9.71. The van der Waals surface area contributed by atoms with E-state index in [4.69, 9.17) is 0 Å². The molecule has 1 aliphatic rings. The second-order valence-electron chi connectivity index (χ2n) is 3.39. The van der Waals surface area contributed by atoms with Crippen LogP contribution in [0.3, 0.4) is 0 Å². The zero-order valence-electron chi connectivity index (χ0n) is 8.08. The van der Waals surface area contributed by atoms with Crippen molar-refractivity contribution in [3.05, 3.63) is 21.9 Å². The van der Waals surface area contributed by atoms with Crippen molar-refractivity contribution in [1.82, 2.24) is 5.32 Å². The lowest BCUT2D eigenvalue weighted by molar-refractivity contribution is 0.0953. The summed E-state index contributed by atoms with van der Waals surface area (Å²) in [5.41, 5.74) is 0.868. The van der Waals surface area contributed by atoms with E-state index in [-0.39, 0.29) is 11.8 Å². The average Bonchev–Trinajstić information content (AvgIpc) is 2.65. The van der Waals surface area contributed by atoms with Crippen LogP contribution in [0.5, 0.6) is 0 Å². The van der Waals surface area contributed by atoms with Crippen LogP contribution in [-0.4, -0.2) is 29.9 Å². The van der Waals surface area contributed by atoms with E-state index in [1.165, 1.54) is 4.88 Å². The van der Waals surface area contributed by atoms with Crippen LogP contribution in [0.15, 0.2) is 11.4 Å². The molecule has 0 spiro atoms. The quantitative estimate of drug-likeness (QED) is 0.783. The summed E-state index contributed by atoms with van der Waals surface area (Å²) in [6.45, 7) is 2.98. The molecule has 76 valence electrons. The molecular weight excluding hydrogens is 214 g/mol. The van der Waals surface area contributed by atoms with Crippen LogP contribution < -0.4 is 5.32 Å². The SMILES string of the molecule is Cc1cc(C(=O)C2CSCCN2)cs1. The maximum Gasteiger partial charge on any atom is 0.181 e. The normalized spacial score (nSPS) is 22.2. The molecule has 1 N–H and O–H groups in total. The van der Waals surface area contributed by atoms with Gasteiger partial charge in [-0.15, -0.1) is 11.3 Å². The van der Waals surface area contributed by atoms with Crippen LogP contribution in [0.4, 0.5) is 0 Å². The first-order valence-electron chi connectivity index (χ1n) is 4.68. The maximum absolute atomic E-state index is 11.9. The molecule has 0 bridgehead atoms. The number of ketones is 1. The summed E-state index contributed by atoms with van der Waals surface area (Å²) in [7, 11) is 0. The van der Waals surface area contributed by atoms with E-state index in [0.29, 0.717) is 0 Å². The Hall–Kier alpha value is -0.320.